The summed E-state index contributed by atoms with van der Waals surface area (Å²) in [6, 6.07) is 15.3. The summed E-state index contributed by atoms with van der Waals surface area (Å²) in [5.74, 6) is 1.16. The highest BCUT2D eigenvalue weighted by atomic mass is 16.5. The quantitative estimate of drug-likeness (QED) is 0.683. The summed E-state index contributed by atoms with van der Waals surface area (Å²) < 4.78 is 12.4. The molecule has 4 rings (SSSR count). The zero-order chi connectivity index (χ0) is 19.5. The third-order valence-electron chi connectivity index (χ3n) is 5.00. The third kappa shape index (κ3) is 3.55. The molecule has 1 aliphatic rings. The predicted octanol–water partition coefficient (Wildman–Crippen LogP) is 3.05. The smallest absolute Gasteiger partial charge is 0.254 e. The van der Waals surface area contributed by atoms with E-state index in [4.69, 9.17) is 9.47 Å². The summed E-state index contributed by atoms with van der Waals surface area (Å²) in [6.07, 6.45) is 2.78. The molecular weight excluding hydrogens is 356 g/mol. The highest BCUT2D eigenvalue weighted by Gasteiger charge is 2.29. The average Bonchev–Trinajstić information content (AvgIpc) is 3.43. The third-order valence-corrected chi connectivity index (χ3v) is 5.00. The number of carbonyl (C=O) groups is 1. The minimum Gasteiger partial charge on any atom is -0.497 e. The van der Waals surface area contributed by atoms with Crippen molar-refractivity contribution < 1.29 is 14.3 Å². The van der Waals surface area contributed by atoms with Crippen molar-refractivity contribution in [3.63, 3.8) is 0 Å². The highest BCUT2D eigenvalue weighted by Crippen LogP contribution is 2.27. The first-order chi connectivity index (χ1) is 13.7. The number of nitrogens with zero attached hydrogens (tertiary/aromatic N) is 4. The van der Waals surface area contributed by atoms with Gasteiger partial charge in [-0.25, -0.2) is 4.68 Å². The van der Waals surface area contributed by atoms with E-state index in [0.29, 0.717) is 30.2 Å². The lowest BCUT2D eigenvalue weighted by Crippen LogP contribution is -2.29. The summed E-state index contributed by atoms with van der Waals surface area (Å²) in [4.78, 5) is 14.8. The Morgan fingerprint density at radius 3 is 2.46 bits per heavy atom. The second-order valence-electron chi connectivity index (χ2n) is 6.74. The molecule has 1 saturated heterocycles. The van der Waals surface area contributed by atoms with Crippen LogP contribution in [0.2, 0.25) is 0 Å². The van der Waals surface area contributed by atoms with E-state index in [2.05, 4.69) is 10.3 Å². The molecule has 0 N–H and O–H groups in total. The largest absolute Gasteiger partial charge is 0.497 e. The van der Waals surface area contributed by atoms with Gasteiger partial charge >= 0.3 is 0 Å². The van der Waals surface area contributed by atoms with Crippen LogP contribution < -0.4 is 9.47 Å². The number of hydrogen-bond donors (Lipinski definition) is 0. The molecule has 1 atom stereocenters. The standard InChI is InChI=1S/C21H22N4O3/c1-27-18-10-16(11-19(12-18)28-2)21(26)24-9-8-17(13-24)25-14-20(22-23-25)15-6-4-3-5-7-15/h3-7,10-12,14,17H,8-9,13H2,1-2H3. The highest BCUT2D eigenvalue weighted by molar-refractivity contribution is 5.95. The van der Waals surface area contributed by atoms with Crippen molar-refractivity contribution in [2.75, 3.05) is 27.3 Å². The van der Waals surface area contributed by atoms with Gasteiger partial charge in [-0.05, 0) is 18.6 Å². The molecule has 1 fully saturated rings. The monoisotopic (exact) mass is 378 g/mol. The molecular formula is C21H22N4O3. The van der Waals surface area contributed by atoms with Gasteiger partial charge in [0.15, 0.2) is 0 Å². The van der Waals surface area contributed by atoms with Crippen molar-refractivity contribution in [2.24, 2.45) is 0 Å². The molecule has 2 aromatic carbocycles. The summed E-state index contributed by atoms with van der Waals surface area (Å²) in [5, 5.41) is 8.57. The van der Waals surface area contributed by atoms with Crippen LogP contribution in [0.1, 0.15) is 22.8 Å². The Morgan fingerprint density at radius 2 is 1.79 bits per heavy atom. The Morgan fingerprint density at radius 1 is 1.07 bits per heavy atom. The summed E-state index contributed by atoms with van der Waals surface area (Å²) in [7, 11) is 3.15. The molecule has 1 aliphatic heterocycles. The fourth-order valence-corrected chi connectivity index (χ4v) is 3.45. The van der Waals surface area contributed by atoms with Crippen LogP contribution in [0.25, 0.3) is 11.3 Å². The molecule has 3 aromatic rings. The maximum absolute atomic E-state index is 13.0. The lowest BCUT2D eigenvalue weighted by atomic mass is 10.1. The van der Waals surface area contributed by atoms with E-state index in [0.717, 1.165) is 17.7 Å². The number of carbonyl (C=O) groups excluding carboxylic acids is 1. The Labute approximate surface area is 163 Å². The lowest BCUT2D eigenvalue weighted by Gasteiger charge is -2.17. The minimum atomic E-state index is -0.0388. The normalized spacial score (nSPS) is 16.2. The van der Waals surface area contributed by atoms with Gasteiger partial charge in [0, 0.05) is 30.3 Å². The number of ether oxygens (including phenoxy) is 2. The van der Waals surface area contributed by atoms with E-state index >= 15 is 0 Å². The van der Waals surface area contributed by atoms with Gasteiger partial charge in [0.25, 0.3) is 5.91 Å². The molecule has 1 unspecified atom stereocenters. The molecule has 2 heterocycles. The van der Waals surface area contributed by atoms with Crippen LogP contribution in [0.4, 0.5) is 0 Å². The predicted molar refractivity (Wildman–Crippen MR) is 105 cm³/mol. The molecule has 28 heavy (non-hydrogen) atoms. The topological polar surface area (TPSA) is 69.5 Å². The second kappa shape index (κ2) is 7.72. The first-order valence-corrected chi connectivity index (χ1v) is 9.17. The van der Waals surface area contributed by atoms with Crippen molar-refractivity contribution in [2.45, 2.75) is 12.5 Å². The molecule has 144 valence electrons. The molecule has 0 bridgehead atoms. The first kappa shape index (κ1) is 18.0. The lowest BCUT2D eigenvalue weighted by molar-refractivity contribution is 0.0786. The Hall–Kier alpha value is -3.35. The zero-order valence-electron chi connectivity index (χ0n) is 15.9. The van der Waals surface area contributed by atoms with Crippen LogP contribution in [0, 0.1) is 0 Å². The molecule has 0 aliphatic carbocycles. The first-order valence-electron chi connectivity index (χ1n) is 9.17. The number of amides is 1. The van der Waals surface area contributed by atoms with Crippen molar-refractivity contribution in [1.29, 1.82) is 0 Å². The van der Waals surface area contributed by atoms with Crippen LogP contribution in [0.15, 0.2) is 54.7 Å². The van der Waals surface area contributed by atoms with E-state index in [9.17, 15) is 4.79 Å². The van der Waals surface area contributed by atoms with Crippen molar-refractivity contribution >= 4 is 5.91 Å². The number of likely N-dealkylation sites (tertiary alicyclic amines) is 1. The number of hydrogen-bond acceptors (Lipinski definition) is 5. The second-order valence-corrected chi connectivity index (χ2v) is 6.74. The maximum atomic E-state index is 13.0. The zero-order valence-corrected chi connectivity index (χ0v) is 15.9. The Balaban J connectivity index is 1.49. The van der Waals surface area contributed by atoms with Gasteiger partial charge < -0.3 is 14.4 Å². The maximum Gasteiger partial charge on any atom is 0.254 e. The van der Waals surface area contributed by atoms with Gasteiger partial charge in [0.1, 0.15) is 17.2 Å². The molecule has 1 aromatic heterocycles. The number of benzene rings is 2. The fraction of sp³-hybridized carbons (Fsp3) is 0.286. The summed E-state index contributed by atoms with van der Waals surface area (Å²) in [6.45, 7) is 1.26. The Kier molecular flexibility index (Phi) is 4.97. The van der Waals surface area contributed by atoms with Gasteiger partial charge in [0.05, 0.1) is 26.5 Å². The SMILES string of the molecule is COc1cc(OC)cc(C(=O)N2CCC(n3cc(-c4ccccc4)nn3)C2)c1. The van der Waals surface area contributed by atoms with E-state index in [1.165, 1.54) is 0 Å². The van der Waals surface area contributed by atoms with E-state index in [-0.39, 0.29) is 11.9 Å². The van der Waals surface area contributed by atoms with E-state index < -0.39 is 0 Å². The van der Waals surface area contributed by atoms with Gasteiger partial charge in [0.2, 0.25) is 0 Å². The fourth-order valence-electron chi connectivity index (χ4n) is 3.45. The molecule has 0 spiro atoms. The van der Waals surface area contributed by atoms with Crippen molar-refractivity contribution in [3.8, 4) is 22.8 Å². The molecule has 7 nitrogen and oxygen atoms in total. The van der Waals surface area contributed by atoms with Crippen LogP contribution in [0.3, 0.4) is 0 Å². The van der Waals surface area contributed by atoms with Crippen LogP contribution in [0.5, 0.6) is 11.5 Å². The van der Waals surface area contributed by atoms with Crippen LogP contribution in [-0.2, 0) is 0 Å². The van der Waals surface area contributed by atoms with Crippen molar-refractivity contribution in [3.05, 3.63) is 60.3 Å². The van der Waals surface area contributed by atoms with Gasteiger partial charge in [-0.3, -0.25) is 4.79 Å². The van der Waals surface area contributed by atoms with Crippen LogP contribution >= 0.6 is 0 Å². The number of rotatable bonds is 5. The van der Waals surface area contributed by atoms with Gasteiger partial charge in [-0.15, -0.1) is 5.10 Å². The van der Waals surface area contributed by atoms with Gasteiger partial charge in [-0.2, -0.15) is 0 Å². The number of aromatic nitrogens is 3. The molecule has 0 radical (unpaired) electrons. The summed E-state index contributed by atoms with van der Waals surface area (Å²) >= 11 is 0. The minimum absolute atomic E-state index is 0.0388. The van der Waals surface area contributed by atoms with E-state index in [1.54, 1.807) is 32.4 Å². The summed E-state index contributed by atoms with van der Waals surface area (Å²) in [5.41, 5.74) is 2.42. The van der Waals surface area contributed by atoms with Crippen LogP contribution in [-0.4, -0.2) is 53.1 Å². The Bertz CT molecular complexity index is 949. The number of methoxy groups -OCH3 is 2. The van der Waals surface area contributed by atoms with Crippen molar-refractivity contribution in [1.82, 2.24) is 19.9 Å². The van der Waals surface area contributed by atoms with E-state index in [1.807, 2.05) is 46.1 Å². The molecule has 0 saturated carbocycles. The van der Waals surface area contributed by atoms with Gasteiger partial charge in [-0.1, -0.05) is 35.5 Å². The molecule has 1 amide bonds. The molecule has 7 heteroatoms. The average molecular weight is 378 g/mol.